The highest BCUT2D eigenvalue weighted by Gasteiger charge is 2.47. The average molecular weight is 407 g/mol. The molecule has 0 radical (unpaired) electrons. The fourth-order valence-corrected chi connectivity index (χ4v) is 4.83. The highest BCUT2D eigenvalue weighted by atomic mass is 28.4. The number of carbonyl (C=O) groups excluding carboxylic acids is 2. The number of fused-ring (bicyclic) bond motifs is 2. The molecule has 2 amide bonds. The summed E-state index contributed by atoms with van der Waals surface area (Å²) in [5, 5.41) is 2.69. The van der Waals surface area contributed by atoms with Gasteiger partial charge in [0.05, 0.1) is 25.5 Å². The van der Waals surface area contributed by atoms with Crippen LogP contribution >= 0.6 is 0 Å². The van der Waals surface area contributed by atoms with Gasteiger partial charge in [0.25, 0.3) is 5.91 Å². The largest absolute Gasteiger partial charge is 0.493 e. The van der Waals surface area contributed by atoms with E-state index in [0.29, 0.717) is 35.7 Å². The number of nitrogens with one attached hydrogen (secondary N) is 1. The van der Waals surface area contributed by atoms with Gasteiger partial charge in [0, 0.05) is 12.6 Å². The molecule has 1 saturated heterocycles. The number of methoxy groups -OCH3 is 2. The second kappa shape index (κ2) is 7.08. The number of hydrogen-bond donors (Lipinski definition) is 2. The Bertz CT molecular complexity index is 803. The molecule has 2 heterocycles. The Labute approximate surface area is 167 Å². The fraction of sp³-hybridized carbons (Fsp3) is 0.600. The number of benzene rings is 1. The van der Waals surface area contributed by atoms with Gasteiger partial charge in [0.1, 0.15) is 6.04 Å². The van der Waals surface area contributed by atoms with Crippen molar-refractivity contribution in [1.29, 1.82) is 0 Å². The molecule has 1 fully saturated rings. The highest BCUT2D eigenvalue weighted by Crippen LogP contribution is 2.45. The van der Waals surface area contributed by atoms with Gasteiger partial charge in [-0.3, -0.25) is 9.59 Å². The number of nitrogens with zero attached hydrogens (tertiary/aromatic N) is 1. The maximum absolute atomic E-state index is 13.2. The molecule has 2 aliphatic heterocycles. The van der Waals surface area contributed by atoms with Crippen molar-refractivity contribution in [2.45, 2.75) is 50.9 Å². The summed E-state index contributed by atoms with van der Waals surface area (Å²) in [6.45, 7) is 8.55. The normalized spacial score (nSPS) is 22.3. The maximum atomic E-state index is 13.2. The zero-order valence-corrected chi connectivity index (χ0v) is 18.5. The minimum absolute atomic E-state index is 0.176. The number of hydrogen-bond acceptors (Lipinski definition) is 5. The molecule has 3 rings (SSSR count). The minimum atomic E-state index is -2.36. The minimum Gasteiger partial charge on any atom is -0.493 e. The summed E-state index contributed by atoms with van der Waals surface area (Å²) in [6.07, 6.45) is 1.39. The third-order valence-electron chi connectivity index (χ3n) is 6.42. The van der Waals surface area contributed by atoms with Crippen LogP contribution in [0.4, 0.5) is 5.69 Å². The van der Waals surface area contributed by atoms with E-state index in [-0.39, 0.29) is 22.8 Å². The molecule has 2 N–H and O–H groups in total. The van der Waals surface area contributed by atoms with Gasteiger partial charge in [-0.2, -0.15) is 0 Å². The summed E-state index contributed by atoms with van der Waals surface area (Å²) in [5.74, 6) is 0.731. The van der Waals surface area contributed by atoms with Crippen molar-refractivity contribution in [3.05, 3.63) is 17.7 Å². The zero-order valence-electron chi connectivity index (χ0n) is 17.5. The number of anilines is 1. The lowest BCUT2D eigenvalue weighted by Crippen LogP contribution is -2.41. The van der Waals surface area contributed by atoms with Gasteiger partial charge in [-0.15, -0.1) is 0 Å². The van der Waals surface area contributed by atoms with Gasteiger partial charge < -0.3 is 24.5 Å². The second-order valence-corrected chi connectivity index (χ2v) is 13.4. The van der Waals surface area contributed by atoms with Gasteiger partial charge in [0.2, 0.25) is 5.91 Å². The van der Waals surface area contributed by atoms with Crippen LogP contribution in [0.5, 0.6) is 11.5 Å². The Morgan fingerprint density at radius 2 is 1.82 bits per heavy atom. The third kappa shape index (κ3) is 3.51. The number of rotatable bonds is 5. The molecule has 0 bridgehead atoms. The Hall–Kier alpha value is -2.06. The molecule has 2 aliphatic rings. The van der Waals surface area contributed by atoms with Crippen LogP contribution < -0.4 is 14.8 Å². The molecule has 2 atom stereocenters. The first-order valence-corrected chi connectivity index (χ1v) is 12.5. The van der Waals surface area contributed by atoms with Crippen molar-refractivity contribution >= 4 is 25.8 Å². The van der Waals surface area contributed by atoms with E-state index in [0.717, 1.165) is 6.42 Å². The molecular formula is C20H30N2O5Si. The van der Waals surface area contributed by atoms with Crippen LogP contribution in [0.3, 0.4) is 0 Å². The van der Waals surface area contributed by atoms with E-state index in [1.807, 2.05) is 13.1 Å². The summed E-state index contributed by atoms with van der Waals surface area (Å²) >= 11 is 0. The monoisotopic (exact) mass is 406 g/mol. The first kappa shape index (κ1) is 20.7. The molecule has 0 spiro atoms. The van der Waals surface area contributed by atoms with E-state index in [1.54, 1.807) is 17.0 Å². The molecular weight excluding hydrogens is 376 g/mol. The van der Waals surface area contributed by atoms with Crippen molar-refractivity contribution in [1.82, 2.24) is 4.90 Å². The lowest BCUT2D eigenvalue weighted by atomic mass is 9.93. The van der Waals surface area contributed by atoms with Crippen LogP contribution in [-0.2, 0) is 4.79 Å². The zero-order chi connectivity index (χ0) is 20.9. The van der Waals surface area contributed by atoms with E-state index in [2.05, 4.69) is 19.2 Å². The van der Waals surface area contributed by atoms with Gasteiger partial charge >= 0.3 is 0 Å². The van der Waals surface area contributed by atoms with E-state index < -0.39 is 14.4 Å². The third-order valence-corrected chi connectivity index (χ3v) is 9.93. The molecule has 154 valence electrons. The highest BCUT2D eigenvalue weighted by molar-refractivity contribution is 6.72. The van der Waals surface area contributed by atoms with Crippen molar-refractivity contribution in [2.24, 2.45) is 5.92 Å². The summed E-state index contributed by atoms with van der Waals surface area (Å²) in [4.78, 5) is 38.4. The Morgan fingerprint density at radius 3 is 2.39 bits per heavy atom. The molecule has 28 heavy (non-hydrogen) atoms. The summed E-state index contributed by atoms with van der Waals surface area (Å²) in [6, 6.07) is 2.76. The van der Waals surface area contributed by atoms with Crippen LogP contribution in [0.15, 0.2) is 12.1 Å². The van der Waals surface area contributed by atoms with Gasteiger partial charge in [-0.1, -0.05) is 13.8 Å². The molecule has 0 aliphatic carbocycles. The van der Waals surface area contributed by atoms with Crippen LogP contribution in [0.1, 0.15) is 37.0 Å². The number of ether oxygens (including phenoxy) is 2. The fourth-order valence-electron chi connectivity index (χ4n) is 4.05. The van der Waals surface area contributed by atoms with Gasteiger partial charge in [-0.25, -0.2) is 0 Å². The van der Waals surface area contributed by atoms with Crippen molar-refractivity contribution in [2.75, 3.05) is 26.1 Å². The van der Waals surface area contributed by atoms with Crippen molar-refractivity contribution in [3.63, 3.8) is 0 Å². The van der Waals surface area contributed by atoms with Gasteiger partial charge in [0.15, 0.2) is 19.8 Å². The molecule has 1 aromatic rings. The lowest BCUT2D eigenvalue weighted by Gasteiger charge is -2.37. The van der Waals surface area contributed by atoms with Crippen LogP contribution in [-0.4, -0.2) is 56.6 Å². The number of amides is 2. The quantitative estimate of drug-likeness (QED) is 0.734. The number of carbonyl (C=O) groups is 2. The van der Waals surface area contributed by atoms with E-state index in [9.17, 15) is 14.4 Å². The van der Waals surface area contributed by atoms with Crippen molar-refractivity contribution < 1.29 is 23.9 Å². The van der Waals surface area contributed by atoms with E-state index in [4.69, 9.17) is 9.47 Å². The summed E-state index contributed by atoms with van der Waals surface area (Å²) in [7, 11) is 0.670. The predicted molar refractivity (Wildman–Crippen MR) is 109 cm³/mol. The Kier molecular flexibility index (Phi) is 5.22. The summed E-state index contributed by atoms with van der Waals surface area (Å²) < 4.78 is 10.6. The first-order chi connectivity index (χ1) is 13.0. The van der Waals surface area contributed by atoms with Crippen LogP contribution in [0.25, 0.3) is 0 Å². The molecule has 7 nitrogen and oxygen atoms in total. The predicted octanol–water partition coefficient (Wildman–Crippen LogP) is 2.85. The molecule has 0 unspecified atom stereocenters. The Balaban J connectivity index is 1.90. The molecule has 1 aromatic carbocycles. The first-order valence-electron chi connectivity index (χ1n) is 9.58. The SMILES string of the molecule is COc1cc2c(cc1OC)C(=O)N1C[C@H](CC(C)(C)[Si](C)(C)O)C[C@H]1C(=O)N2. The molecule has 8 heteroatoms. The van der Waals surface area contributed by atoms with Gasteiger partial charge in [-0.05, 0) is 43.0 Å². The van der Waals surface area contributed by atoms with Crippen molar-refractivity contribution in [3.8, 4) is 11.5 Å². The molecule has 0 aromatic heterocycles. The van der Waals surface area contributed by atoms with Crippen LogP contribution in [0, 0.1) is 5.92 Å². The lowest BCUT2D eigenvalue weighted by molar-refractivity contribution is -0.119. The maximum Gasteiger partial charge on any atom is 0.256 e. The molecule has 0 saturated carbocycles. The summed E-state index contributed by atoms with van der Waals surface area (Å²) in [5.41, 5.74) is 0.855. The Morgan fingerprint density at radius 1 is 1.21 bits per heavy atom. The topological polar surface area (TPSA) is 88.1 Å². The van der Waals surface area contributed by atoms with E-state index in [1.165, 1.54) is 14.2 Å². The smallest absolute Gasteiger partial charge is 0.256 e. The van der Waals surface area contributed by atoms with Crippen LogP contribution in [0.2, 0.25) is 18.1 Å². The standard InChI is InChI=1S/C20H30N2O5Si/c1-20(2,28(5,6)25)10-12-7-15-18(23)21-14-9-17(27-4)16(26-3)8-13(14)19(24)22(15)11-12/h8-9,12,15,25H,7,10-11H2,1-6H3,(H,21,23)/t12-,15-/m0/s1. The average Bonchev–Trinajstić information content (AvgIpc) is 2.99. The second-order valence-electron chi connectivity index (χ2n) is 8.96. The van der Waals surface area contributed by atoms with E-state index >= 15 is 0 Å².